The molecule has 0 saturated carbocycles. The molecule has 7 unspecified atom stereocenters. The SMILES string of the molecule is CC1CC(C(=O)OC(C)CC(=O)N2CC(N)CC2C(=O)N2CCCCC2C(=O)NC(C)C=O)N(C)C1. The first kappa shape index (κ1) is 28.0. The Labute approximate surface area is 213 Å². The maximum atomic E-state index is 13.6. The number of hydrogen-bond donors (Lipinski definition) is 2. The summed E-state index contributed by atoms with van der Waals surface area (Å²) in [5.41, 5.74) is 6.15. The molecule has 3 aliphatic heterocycles. The molecule has 36 heavy (non-hydrogen) atoms. The molecule has 0 radical (unpaired) electrons. The Morgan fingerprint density at radius 1 is 1.06 bits per heavy atom. The number of esters is 1. The number of ether oxygens (including phenoxy) is 1. The van der Waals surface area contributed by atoms with Crippen molar-refractivity contribution in [2.24, 2.45) is 11.7 Å². The van der Waals surface area contributed by atoms with E-state index in [0.29, 0.717) is 31.6 Å². The van der Waals surface area contributed by atoms with Gasteiger partial charge in [-0.2, -0.15) is 0 Å². The summed E-state index contributed by atoms with van der Waals surface area (Å²) in [6.07, 6.45) is 3.03. The lowest BCUT2D eigenvalue weighted by Crippen LogP contribution is -2.58. The molecule has 3 fully saturated rings. The van der Waals surface area contributed by atoms with Gasteiger partial charge in [0.25, 0.3) is 0 Å². The number of aldehydes is 1. The smallest absolute Gasteiger partial charge is 0.323 e. The normalized spacial score (nSPS) is 30.5. The number of likely N-dealkylation sites (tertiary alicyclic amines) is 3. The fourth-order valence-corrected chi connectivity index (χ4v) is 5.60. The predicted molar refractivity (Wildman–Crippen MR) is 131 cm³/mol. The van der Waals surface area contributed by atoms with E-state index in [-0.39, 0.29) is 48.7 Å². The van der Waals surface area contributed by atoms with Crippen molar-refractivity contribution < 1.29 is 28.7 Å². The molecule has 0 aromatic carbocycles. The minimum atomic E-state index is -0.769. The first-order valence-electron chi connectivity index (χ1n) is 13.0. The van der Waals surface area contributed by atoms with Crippen molar-refractivity contribution >= 4 is 30.0 Å². The van der Waals surface area contributed by atoms with E-state index in [1.807, 2.05) is 11.9 Å². The molecule has 0 bridgehead atoms. The first-order chi connectivity index (χ1) is 17.0. The van der Waals surface area contributed by atoms with Crippen LogP contribution in [0.2, 0.25) is 0 Å². The molecule has 3 N–H and O–H groups in total. The van der Waals surface area contributed by atoms with Gasteiger partial charge in [-0.25, -0.2) is 0 Å². The van der Waals surface area contributed by atoms with E-state index in [0.717, 1.165) is 25.8 Å². The van der Waals surface area contributed by atoms with Crippen molar-refractivity contribution in [3.63, 3.8) is 0 Å². The number of amides is 3. The quantitative estimate of drug-likeness (QED) is 0.336. The van der Waals surface area contributed by atoms with Gasteiger partial charge in [0.05, 0.1) is 12.5 Å². The lowest BCUT2D eigenvalue weighted by molar-refractivity contribution is -0.156. The number of piperidine rings is 1. The molecule has 3 saturated heterocycles. The maximum absolute atomic E-state index is 13.6. The number of carbonyl (C=O) groups excluding carboxylic acids is 5. The minimum Gasteiger partial charge on any atom is -0.461 e. The van der Waals surface area contributed by atoms with Crippen LogP contribution in [0.25, 0.3) is 0 Å². The van der Waals surface area contributed by atoms with Crippen molar-refractivity contribution in [3.8, 4) is 0 Å². The Bertz CT molecular complexity index is 853. The molecule has 3 heterocycles. The van der Waals surface area contributed by atoms with Crippen LogP contribution in [0.5, 0.6) is 0 Å². The van der Waals surface area contributed by atoms with E-state index in [4.69, 9.17) is 10.5 Å². The zero-order valence-corrected chi connectivity index (χ0v) is 21.9. The van der Waals surface area contributed by atoms with Crippen LogP contribution in [-0.2, 0) is 28.7 Å². The molecule has 11 heteroatoms. The molecule has 11 nitrogen and oxygen atoms in total. The van der Waals surface area contributed by atoms with Crippen LogP contribution in [0.3, 0.4) is 0 Å². The monoisotopic (exact) mass is 507 g/mol. The molecular weight excluding hydrogens is 466 g/mol. The zero-order chi connectivity index (χ0) is 26.6. The number of nitrogens with one attached hydrogen (secondary N) is 1. The number of rotatable bonds is 8. The number of nitrogens with zero attached hydrogens (tertiary/aromatic N) is 3. The number of nitrogens with two attached hydrogens (primary N) is 1. The van der Waals surface area contributed by atoms with Crippen molar-refractivity contribution in [3.05, 3.63) is 0 Å². The summed E-state index contributed by atoms with van der Waals surface area (Å²) in [5, 5.41) is 2.63. The Balaban J connectivity index is 1.63. The maximum Gasteiger partial charge on any atom is 0.323 e. The molecule has 202 valence electrons. The Hall–Kier alpha value is -2.53. The van der Waals surface area contributed by atoms with Crippen molar-refractivity contribution in [1.29, 1.82) is 0 Å². The third-order valence-corrected chi connectivity index (χ3v) is 7.41. The number of likely N-dealkylation sites (N-methyl/N-ethyl adjacent to an activating group) is 1. The molecule has 0 spiro atoms. The summed E-state index contributed by atoms with van der Waals surface area (Å²) < 4.78 is 5.58. The van der Waals surface area contributed by atoms with Crippen LogP contribution in [0.4, 0.5) is 0 Å². The summed E-state index contributed by atoms with van der Waals surface area (Å²) in [5.74, 6) is -0.901. The molecule has 3 amide bonds. The number of hydrogen-bond acceptors (Lipinski definition) is 8. The summed E-state index contributed by atoms with van der Waals surface area (Å²) in [4.78, 5) is 68.1. The summed E-state index contributed by atoms with van der Waals surface area (Å²) in [6.45, 7) is 6.80. The van der Waals surface area contributed by atoms with Crippen LogP contribution in [0.15, 0.2) is 0 Å². The van der Waals surface area contributed by atoms with E-state index in [1.165, 1.54) is 9.80 Å². The fourth-order valence-electron chi connectivity index (χ4n) is 5.60. The van der Waals surface area contributed by atoms with Gasteiger partial charge in [0.1, 0.15) is 30.5 Å². The highest BCUT2D eigenvalue weighted by Crippen LogP contribution is 2.26. The molecular formula is C25H41N5O6. The molecule has 0 aliphatic carbocycles. The van der Waals surface area contributed by atoms with Crippen LogP contribution < -0.4 is 11.1 Å². The van der Waals surface area contributed by atoms with Crippen LogP contribution in [-0.4, -0.2) is 108 Å². The van der Waals surface area contributed by atoms with Gasteiger partial charge in [0.2, 0.25) is 17.7 Å². The molecule has 7 atom stereocenters. The van der Waals surface area contributed by atoms with E-state index in [2.05, 4.69) is 12.2 Å². The molecule has 0 aromatic heterocycles. The second-order valence-corrected chi connectivity index (χ2v) is 10.8. The first-order valence-corrected chi connectivity index (χ1v) is 13.0. The van der Waals surface area contributed by atoms with Gasteiger partial charge in [-0.15, -0.1) is 0 Å². The van der Waals surface area contributed by atoms with Crippen molar-refractivity contribution in [1.82, 2.24) is 20.0 Å². The average Bonchev–Trinajstić information content (AvgIpc) is 3.39. The predicted octanol–water partition coefficient (Wildman–Crippen LogP) is -0.339. The summed E-state index contributed by atoms with van der Waals surface area (Å²) >= 11 is 0. The van der Waals surface area contributed by atoms with Crippen molar-refractivity contribution in [2.75, 3.05) is 26.7 Å². The lowest BCUT2D eigenvalue weighted by Gasteiger charge is -2.38. The van der Waals surface area contributed by atoms with Gasteiger partial charge in [-0.1, -0.05) is 6.92 Å². The summed E-state index contributed by atoms with van der Waals surface area (Å²) in [6, 6.07) is -2.77. The van der Waals surface area contributed by atoms with Gasteiger partial charge in [-0.05, 0) is 58.9 Å². The van der Waals surface area contributed by atoms with E-state index >= 15 is 0 Å². The second kappa shape index (κ2) is 12.1. The number of carbonyl (C=O) groups is 5. The Kier molecular flexibility index (Phi) is 9.46. The van der Waals surface area contributed by atoms with Gasteiger partial charge in [-0.3, -0.25) is 24.1 Å². The standard InChI is InChI=1S/C25H41N5O6/c1-15-9-21(28(4)12-15)25(35)36-17(3)10-22(32)30-13-18(26)11-20(30)24(34)29-8-6-5-7-19(29)23(33)27-16(2)14-31/h14-21H,5-13,26H2,1-4H3,(H,27,33). The van der Waals surface area contributed by atoms with Crippen LogP contribution >= 0.6 is 0 Å². The minimum absolute atomic E-state index is 0.0466. The van der Waals surface area contributed by atoms with E-state index in [1.54, 1.807) is 13.8 Å². The highest BCUT2D eigenvalue weighted by molar-refractivity contribution is 5.93. The van der Waals surface area contributed by atoms with Gasteiger partial charge in [0.15, 0.2) is 0 Å². The van der Waals surface area contributed by atoms with Gasteiger partial charge < -0.3 is 30.4 Å². The summed E-state index contributed by atoms with van der Waals surface area (Å²) in [7, 11) is 1.89. The zero-order valence-electron chi connectivity index (χ0n) is 21.9. The van der Waals surface area contributed by atoms with Crippen molar-refractivity contribution in [2.45, 2.75) is 95.6 Å². The molecule has 0 aromatic rings. The van der Waals surface area contributed by atoms with E-state index < -0.39 is 24.2 Å². The van der Waals surface area contributed by atoms with Crippen LogP contribution in [0.1, 0.15) is 59.3 Å². The highest BCUT2D eigenvalue weighted by Gasteiger charge is 2.44. The van der Waals surface area contributed by atoms with Gasteiger partial charge >= 0.3 is 5.97 Å². The molecule has 3 aliphatic rings. The van der Waals surface area contributed by atoms with Crippen LogP contribution in [0, 0.1) is 5.92 Å². The Morgan fingerprint density at radius 2 is 1.78 bits per heavy atom. The highest BCUT2D eigenvalue weighted by atomic mass is 16.5. The van der Waals surface area contributed by atoms with E-state index in [9.17, 15) is 24.0 Å². The third-order valence-electron chi connectivity index (χ3n) is 7.41. The molecule has 3 rings (SSSR count). The average molecular weight is 508 g/mol. The topological polar surface area (TPSA) is 142 Å². The van der Waals surface area contributed by atoms with Gasteiger partial charge in [0, 0.05) is 25.7 Å². The second-order valence-electron chi connectivity index (χ2n) is 10.8. The fraction of sp³-hybridized carbons (Fsp3) is 0.800. The third kappa shape index (κ3) is 6.61. The lowest BCUT2D eigenvalue weighted by atomic mass is 9.99. The Morgan fingerprint density at radius 3 is 2.42 bits per heavy atom. The largest absolute Gasteiger partial charge is 0.461 e.